The van der Waals surface area contributed by atoms with Gasteiger partial charge in [-0.1, -0.05) is 13.0 Å². The van der Waals surface area contributed by atoms with Gasteiger partial charge >= 0.3 is 12.2 Å². The molecule has 0 aromatic heterocycles. The molecule has 0 spiro atoms. The van der Waals surface area contributed by atoms with Crippen LogP contribution < -0.4 is 5.73 Å². The third kappa shape index (κ3) is 7.03. The Morgan fingerprint density at radius 2 is 1.44 bits per heavy atom. The Morgan fingerprint density at radius 3 is 1.84 bits per heavy atom. The molecule has 140 valence electrons. The summed E-state index contributed by atoms with van der Waals surface area (Å²) in [5.74, 6) is 0. The van der Waals surface area contributed by atoms with E-state index in [-0.39, 0.29) is 6.54 Å². The fourth-order valence-electron chi connectivity index (χ4n) is 2.15. The van der Waals surface area contributed by atoms with E-state index in [0.717, 1.165) is 22.4 Å². The molecule has 0 atom stereocenters. The molecule has 25 heavy (non-hydrogen) atoms. The molecule has 0 aliphatic heterocycles. The van der Waals surface area contributed by atoms with Crippen molar-refractivity contribution in [2.24, 2.45) is 0 Å². The second kappa shape index (κ2) is 7.76. The summed E-state index contributed by atoms with van der Waals surface area (Å²) in [4.78, 5) is 26.1. The lowest BCUT2D eigenvalue weighted by Crippen LogP contribution is -2.43. The summed E-state index contributed by atoms with van der Waals surface area (Å²) in [6.07, 6.45) is -0.732. The van der Waals surface area contributed by atoms with Gasteiger partial charge in [0.15, 0.2) is 0 Å². The number of anilines is 1. The number of benzene rings is 1. The van der Waals surface area contributed by atoms with Crippen molar-refractivity contribution in [3.05, 3.63) is 29.3 Å². The van der Waals surface area contributed by atoms with Crippen LogP contribution in [0.2, 0.25) is 0 Å². The van der Waals surface area contributed by atoms with Gasteiger partial charge in [-0.3, -0.25) is 0 Å². The zero-order valence-electron chi connectivity index (χ0n) is 16.3. The van der Waals surface area contributed by atoms with E-state index in [2.05, 4.69) is 0 Å². The van der Waals surface area contributed by atoms with Crippen molar-refractivity contribution in [3.8, 4) is 0 Å². The number of nitrogens with zero attached hydrogens (tertiary/aromatic N) is 1. The Kier molecular flexibility index (Phi) is 6.46. The molecule has 2 N–H and O–H groups in total. The number of nitrogen functional groups attached to an aromatic ring is 1. The number of amides is 2. The molecule has 0 heterocycles. The van der Waals surface area contributed by atoms with Crippen LogP contribution in [0, 0.1) is 0 Å². The zero-order valence-corrected chi connectivity index (χ0v) is 16.3. The van der Waals surface area contributed by atoms with Crippen LogP contribution in [0.15, 0.2) is 18.2 Å². The molecule has 1 aromatic rings. The highest BCUT2D eigenvalue weighted by molar-refractivity contribution is 5.88. The van der Waals surface area contributed by atoms with Gasteiger partial charge in [0.2, 0.25) is 0 Å². The number of rotatable bonds is 3. The molecular weight excluding hydrogens is 320 g/mol. The van der Waals surface area contributed by atoms with Crippen molar-refractivity contribution < 1.29 is 19.1 Å². The van der Waals surface area contributed by atoms with E-state index in [1.807, 2.05) is 13.0 Å². The number of carbonyl (C=O) groups excluding carboxylic acids is 2. The molecule has 6 heteroatoms. The molecule has 1 rings (SSSR count). The van der Waals surface area contributed by atoms with E-state index in [1.54, 1.807) is 53.7 Å². The fourth-order valence-corrected chi connectivity index (χ4v) is 2.15. The van der Waals surface area contributed by atoms with Crippen molar-refractivity contribution in [2.75, 3.05) is 5.73 Å². The number of aryl methyl sites for hydroxylation is 1. The predicted molar refractivity (Wildman–Crippen MR) is 98.2 cm³/mol. The number of hydrogen-bond donors (Lipinski definition) is 1. The summed E-state index contributed by atoms with van der Waals surface area (Å²) in [6, 6.07) is 5.46. The van der Waals surface area contributed by atoms with Crippen molar-refractivity contribution in [3.63, 3.8) is 0 Å². The van der Waals surface area contributed by atoms with Gasteiger partial charge in [0, 0.05) is 5.69 Å². The van der Waals surface area contributed by atoms with Crippen molar-refractivity contribution in [1.29, 1.82) is 0 Å². The molecule has 0 unspecified atom stereocenters. The second-order valence-corrected chi connectivity index (χ2v) is 7.93. The number of nitrogens with two attached hydrogens (primary N) is 1. The summed E-state index contributed by atoms with van der Waals surface area (Å²) in [6.45, 7) is 12.5. The quantitative estimate of drug-likeness (QED) is 0.811. The minimum absolute atomic E-state index is 0.0397. The average molecular weight is 350 g/mol. The van der Waals surface area contributed by atoms with Crippen molar-refractivity contribution >= 4 is 17.9 Å². The first-order chi connectivity index (χ1) is 11.3. The fraction of sp³-hybridized carbons (Fsp3) is 0.579. The number of imide groups is 1. The molecule has 0 saturated carbocycles. The number of hydrogen-bond acceptors (Lipinski definition) is 5. The van der Waals surface area contributed by atoms with Gasteiger partial charge in [-0.05, 0) is 71.2 Å². The van der Waals surface area contributed by atoms with E-state index in [9.17, 15) is 9.59 Å². The maximum absolute atomic E-state index is 12.5. The maximum atomic E-state index is 12.5. The lowest BCUT2D eigenvalue weighted by Gasteiger charge is -2.29. The van der Waals surface area contributed by atoms with E-state index in [0.29, 0.717) is 5.69 Å². The Labute approximate surface area is 150 Å². The van der Waals surface area contributed by atoms with Gasteiger partial charge in [-0.2, -0.15) is 0 Å². The van der Waals surface area contributed by atoms with E-state index in [4.69, 9.17) is 15.2 Å². The van der Waals surface area contributed by atoms with E-state index < -0.39 is 23.4 Å². The van der Waals surface area contributed by atoms with Crippen LogP contribution in [0.4, 0.5) is 15.3 Å². The minimum atomic E-state index is -0.744. The molecule has 1 aromatic carbocycles. The minimum Gasteiger partial charge on any atom is -0.443 e. The molecule has 0 aliphatic carbocycles. The van der Waals surface area contributed by atoms with Gasteiger partial charge in [-0.25, -0.2) is 14.5 Å². The first kappa shape index (κ1) is 20.8. The normalized spacial score (nSPS) is 11.8. The number of ether oxygens (including phenoxy) is 2. The molecule has 6 nitrogen and oxygen atoms in total. The summed E-state index contributed by atoms with van der Waals surface area (Å²) < 4.78 is 10.7. The largest absolute Gasteiger partial charge is 0.443 e. The summed E-state index contributed by atoms with van der Waals surface area (Å²) in [5.41, 5.74) is 6.79. The topological polar surface area (TPSA) is 81.9 Å². The lowest BCUT2D eigenvalue weighted by atomic mass is 10.0. The Hall–Kier alpha value is -2.24. The van der Waals surface area contributed by atoms with E-state index in [1.165, 1.54) is 0 Å². The first-order valence-electron chi connectivity index (χ1n) is 8.43. The van der Waals surface area contributed by atoms with Crippen LogP contribution >= 0.6 is 0 Å². The van der Waals surface area contributed by atoms with Gasteiger partial charge < -0.3 is 15.2 Å². The molecule has 0 fully saturated rings. The van der Waals surface area contributed by atoms with Gasteiger partial charge in [0.25, 0.3) is 0 Å². The van der Waals surface area contributed by atoms with Crippen molar-refractivity contribution in [2.45, 2.75) is 72.6 Å². The van der Waals surface area contributed by atoms with Crippen LogP contribution in [-0.2, 0) is 22.4 Å². The maximum Gasteiger partial charge on any atom is 0.420 e. The molecule has 0 aliphatic rings. The molecule has 0 saturated heterocycles. The molecule has 2 amide bonds. The van der Waals surface area contributed by atoms with Gasteiger partial charge in [0.1, 0.15) is 11.2 Å². The van der Waals surface area contributed by atoms with Crippen LogP contribution in [0.3, 0.4) is 0 Å². The highest BCUT2D eigenvalue weighted by Gasteiger charge is 2.31. The van der Waals surface area contributed by atoms with Crippen LogP contribution in [0.25, 0.3) is 0 Å². The molecule has 0 radical (unpaired) electrons. The highest BCUT2D eigenvalue weighted by Crippen LogP contribution is 2.21. The predicted octanol–water partition coefficient (Wildman–Crippen LogP) is 4.50. The van der Waals surface area contributed by atoms with Gasteiger partial charge in [0.05, 0.1) is 6.54 Å². The lowest BCUT2D eigenvalue weighted by molar-refractivity contribution is -0.000278. The summed E-state index contributed by atoms with van der Waals surface area (Å²) in [5, 5.41) is 0. The SMILES string of the molecule is CCc1ccc(N)cc1CN(C(=O)OC(C)(C)C)C(=O)OC(C)(C)C. The average Bonchev–Trinajstić information content (AvgIpc) is 2.40. The standard InChI is InChI=1S/C19H30N2O4/c1-8-13-9-10-15(20)11-14(13)12-21(16(22)24-18(2,3)4)17(23)25-19(5,6)7/h9-11H,8,12,20H2,1-7H3. The molecular formula is C19H30N2O4. The van der Waals surface area contributed by atoms with Crippen LogP contribution in [0.5, 0.6) is 0 Å². The zero-order chi connectivity index (χ0) is 19.4. The smallest absolute Gasteiger partial charge is 0.420 e. The Balaban J connectivity index is 3.16. The summed E-state index contributed by atoms with van der Waals surface area (Å²) in [7, 11) is 0. The van der Waals surface area contributed by atoms with Crippen LogP contribution in [-0.4, -0.2) is 28.3 Å². The monoisotopic (exact) mass is 350 g/mol. The summed E-state index contributed by atoms with van der Waals surface area (Å²) >= 11 is 0. The Bertz CT molecular complexity index is 599. The van der Waals surface area contributed by atoms with Gasteiger partial charge in [-0.15, -0.1) is 0 Å². The number of carbonyl (C=O) groups is 2. The Morgan fingerprint density at radius 1 is 0.960 bits per heavy atom. The van der Waals surface area contributed by atoms with Crippen LogP contribution in [0.1, 0.15) is 59.6 Å². The molecule has 0 bridgehead atoms. The third-order valence-electron chi connectivity index (χ3n) is 3.17. The third-order valence-corrected chi connectivity index (χ3v) is 3.17. The highest BCUT2D eigenvalue weighted by atomic mass is 16.6. The second-order valence-electron chi connectivity index (χ2n) is 7.93. The first-order valence-corrected chi connectivity index (χ1v) is 8.43. The van der Waals surface area contributed by atoms with Crippen molar-refractivity contribution in [1.82, 2.24) is 4.90 Å². The van der Waals surface area contributed by atoms with E-state index >= 15 is 0 Å².